The van der Waals surface area contributed by atoms with Gasteiger partial charge in [0.05, 0.1) is 29.5 Å². The van der Waals surface area contributed by atoms with E-state index in [0.29, 0.717) is 44.1 Å². The molecule has 1 aromatic heterocycles. The molecule has 3 aliphatic heterocycles. The van der Waals surface area contributed by atoms with Crippen molar-refractivity contribution in [3.63, 3.8) is 0 Å². The monoisotopic (exact) mass is 509 g/mol. The summed E-state index contributed by atoms with van der Waals surface area (Å²) in [6.45, 7) is 2.48. The zero-order chi connectivity index (χ0) is 24.7. The Morgan fingerprint density at radius 1 is 1.11 bits per heavy atom. The molecule has 2 aromatic rings. The lowest BCUT2D eigenvalue weighted by atomic mass is 9.97. The Morgan fingerprint density at radius 2 is 1.80 bits per heavy atom. The second kappa shape index (κ2) is 9.39. The Kier molecular flexibility index (Phi) is 6.43. The van der Waals surface area contributed by atoms with E-state index in [1.54, 1.807) is 11.0 Å². The fourth-order valence-corrected chi connectivity index (χ4v) is 5.50. The number of aromatic nitrogens is 2. The molecule has 0 spiro atoms. The van der Waals surface area contributed by atoms with Crippen LogP contribution in [0.4, 0.5) is 23.5 Å². The number of rotatable bonds is 4. The molecule has 0 aliphatic carbocycles. The number of carbonyl (C=O) groups is 1. The van der Waals surface area contributed by atoms with E-state index in [2.05, 4.69) is 19.8 Å². The summed E-state index contributed by atoms with van der Waals surface area (Å²) in [6, 6.07) is 4.27. The quantitative estimate of drug-likeness (QED) is 0.577. The number of amides is 1. The minimum atomic E-state index is -4.52. The molecule has 6 nitrogen and oxygen atoms in total. The Hall–Kier alpha value is -2.72. The number of carbonyl (C=O) groups excluding carboxylic acids is 1. The van der Waals surface area contributed by atoms with Crippen molar-refractivity contribution in [2.24, 2.45) is 0 Å². The maximum atomic E-state index is 13.2. The summed E-state index contributed by atoms with van der Waals surface area (Å²) < 4.78 is 52.8. The van der Waals surface area contributed by atoms with Crippen molar-refractivity contribution in [1.82, 2.24) is 19.8 Å². The predicted molar refractivity (Wildman–Crippen MR) is 123 cm³/mol. The van der Waals surface area contributed by atoms with Crippen molar-refractivity contribution in [2.45, 2.75) is 37.5 Å². The topological polar surface area (TPSA) is 52.6 Å². The van der Waals surface area contributed by atoms with Crippen LogP contribution in [0.25, 0.3) is 5.57 Å². The van der Waals surface area contributed by atoms with Gasteiger partial charge in [-0.15, -0.1) is 0 Å². The Balaban J connectivity index is 1.19. The van der Waals surface area contributed by atoms with Gasteiger partial charge < -0.3 is 9.80 Å². The lowest BCUT2D eigenvalue weighted by molar-refractivity contribution is -0.137. The summed E-state index contributed by atoms with van der Waals surface area (Å²) in [5, 5.41) is -0.325. The van der Waals surface area contributed by atoms with Gasteiger partial charge in [-0.05, 0) is 42.5 Å². The Morgan fingerprint density at radius 3 is 2.40 bits per heavy atom. The highest BCUT2D eigenvalue weighted by molar-refractivity contribution is 6.31. The highest BCUT2D eigenvalue weighted by Crippen LogP contribution is 2.37. The van der Waals surface area contributed by atoms with Crippen LogP contribution in [0.3, 0.4) is 0 Å². The van der Waals surface area contributed by atoms with Gasteiger partial charge >= 0.3 is 6.18 Å². The second-order valence-corrected chi connectivity index (χ2v) is 9.61. The van der Waals surface area contributed by atoms with Crippen molar-refractivity contribution in [3.05, 3.63) is 58.6 Å². The number of alkyl halides is 3. The molecule has 35 heavy (non-hydrogen) atoms. The number of hydrogen-bond acceptors (Lipinski definition) is 5. The van der Waals surface area contributed by atoms with Crippen LogP contribution in [-0.4, -0.2) is 70.5 Å². The SMILES string of the molecule is O=C(CN1CC2CCC(C1)N2c1ncc(F)cn1)N1CC=C(c2ccc(Cl)c(C(F)(F)F)c2)CC1. The molecule has 2 unspecified atom stereocenters. The maximum absolute atomic E-state index is 13.2. The number of hydrogen-bond donors (Lipinski definition) is 0. The average molecular weight is 510 g/mol. The third-order valence-corrected chi connectivity index (χ3v) is 7.29. The summed E-state index contributed by atoms with van der Waals surface area (Å²) in [5.74, 6) is 0.0497. The zero-order valence-electron chi connectivity index (χ0n) is 18.8. The highest BCUT2D eigenvalue weighted by atomic mass is 35.5. The summed E-state index contributed by atoms with van der Waals surface area (Å²) in [5.41, 5.74) is 0.405. The number of nitrogens with zero attached hydrogens (tertiary/aromatic N) is 5. The fourth-order valence-electron chi connectivity index (χ4n) is 5.28. The van der Waals surface area contributed by atoms with Gasteiger partial charge in [-0.25, -0.2) is 14.4 Å². The second-order valence-electron chi connectivity index (χ2n) is 9.20. The third kappa shape index (κ3) is 4.99. The van der Waals surface area contributed by atoms with Gasteiger partial charge in [0, 0.05) is 38.3 Å². The van der Waals surface area contributed by atoms with Crippen LogP contribution < -0.4 is 4.90 Å². The molecular formula is C24H24ClF4N5O. The summed E-state index contributed by atoms with van der Waals surface area (Å²) in [7, 11) is 0. The lowest BCUT2D eigenvalue weighted by Crippen LogP contribution is -2.56. The van der Waals surface area contributed by atoms with Crippen LogP contribution in [0.2, 0.25) is 5.02 Å². The van der Waals surface area contributed by atoms with Crippen LogP contribution in [0, 0.1) is 5.82 Å². The molecule has 2 saturated heterocycles. The van der Waals surface area contributed by atoms with Crippen LogP contribution >= 0.6 is 11.6 Å². The van der Waals surface area contributed by atoms with E-state index in [1.165, 1.54) is 18.5 Å². The molecule has 2 bridgehead atoms. The average Bonchev–Trinajstić information content (AvgIpc) is 3.09. The summed E-state index contributed by atoms with van der Waals surface area (Å²) in [4.78, 5) is 27.2. The molecular weight excluding hydrogens is 486 g/mol. The van der Waals surface area contributed by atoms with Crippen LogP contribution in [0.5, 0.6) is 0 Å². The molecule has 3 aliphatic rings. The largest absolute Gasteiger partial charge is 0.417 e. The van der Waals surface area contributed by atoms with Gasteiger partial charge in [-0.3, -0.25) is 9.69 Å². The first-order valence-electron chi connectivity index (χ1n) is 11.5. The molecule has 2 fully saturated rings. The molecule has 0 radical (unpaired) electrons. The fraction of sp³-hybridized carbons (Fsp3) is 0.458. The minimum absolute atomic E-state index is 0.00160. The number of halogens is 5. The number of benzene rings is 1. The van der Waals surface area contributed by atoms with Crippen molar-refractivity contribution in [1.29, 1.82) is 0 Å². The molecule has 4 heterocycles. The third-order valence-electron chi connectivity index (χ3n) is 6.96. The number of fused-ring (bicyclic) bond motifs is 2. The molecule has 1 amide bonds. The molecule has 5 rings (SSSR count). The van der Waals surface area contributed by atoms with E-state index in [1.807, 2.05) is 6.08 Å². The van der Waals surface area contributed by atoms with Gasteiger partial charge in [0.15, 0.2) is 5.82 Å². The highest BCUT2D eigenvalue weighted by Gasteiger charge is 2.42. The van der Waals surface area contributed by atoms with E-state index in [-0.39, 0.29) is 29.6 Å². The Labute approximate surface area is 205 Å². The standard InChI is InChI=1S/C24H24ClF4N5O/c25-21-4-1-16(9-20(21)24(27,28)29)15-5-7-33(8-6-15)22(35)14-32-12-18-2-3-19(13-32)34(18)23-30-10-17(26)11-31-23/h1,4-5,9-11,18-19H,2-3,6-8,12-14H2. The van der Waals surface area contributed by atoms with Gasteiger partial charge in [-0.2, -0.15) is 13.2 Å². The lowest BCUT2D eigenvalue weighted by Gasteiger charge is -2.41. The molecule has 0 N–H and O–H groups in total. The van der Waals surface area contributed by atoms with Crippen molar-refractivity contribution < 1.29 is 22.4 Å². The first kappa shape index (κ1) is 24.0. The van der Waals surface area contributed by atoms with Gasteiger partial charge in [0.25, 0.3) is 0 Å². The zero-order valence-corrected chi connectivity index (χ0v) is 19.6. The van der Waals surface area contributed by atoms with Crippen LogP contribution in [0.15, 0.2) is 36.7 Å². The predicted octanol–water partition coefficient (Wildman–Crippen LogP) is 4.26. The summed E-state index contributed by atoms with van der Waals surface area (Å²) >= 11 is 5.73. The van der Waals surface area contributed by atoms with Crippen molar-refractivity contribution in [3.8, 4) is 0 Å². The summed E-state index contributed by atoms with van der Waals surface area (Å²) in [6.07, 6.45) is 2.05. The number of likely N-dealkylation sites (tertiary alicyclic amines) is 1. The van der Waals surface area contributed by atoms with E-state index in [4.69, 9.17) is 11.6 Å². The van der Waals surface area contributed by atoms with Gasteiger partial charge in [0.2, 0.25) is 11.9 Å². The van der Waals surface area contributed by atoms with Crippen LogP contribution in [0.1, 0.15) is 30.4 Å². The number of piperazine rings is 1. The first-order chi connectivity index (χ1) is 16.7. The van der Waals surface area contributed by atoms with Crippen molar-refractivity contribution in [2.75, 3.05) is 37.6 Å². The smallest absolute Gasteiger partial charge is 0.338 e. The van der Waals surface area contributed by atoms with Gasteiger partial charge in [0.1, 0.15) is 0 Å². The van der Waals surface area contributed by atoms with Gasteiger partial charge in [-0.1, -0.05) is 23.7 Å². The van der Waals surface area contributed by atoms with E-state index in [9.17, 15) is 22.4 Å². The first-order valence-corrected chi connectivity index (χ1v) is 11.9. The number of anilines is 1. The van der Waals surface area contributed by atoms with Crippen LogP contribution in [-0.2, 0) is 11.0 Å². The minimum Gasteiger partial charge on any atom is -0.338 e. The Bertz CT molecular complexity index is 1130. The van der Waals surface area contributed by atoms with E-state index < -0.39 is 17.6 Å². The molecule has 0 saturated carbocycles. The molecule has 186 valence electrons. The van der Waals surface area contributed by atoms with E-state index >= 15 is 0 Å². The van der Waals surface area contributed by atoms with Crippen molar-refractivity contribution >= 4 is 29.0 Å². The van der Waals surface area contributed by atoms with E-state index in [0.717, 1.165) is 24.5 Å². The molecule has 1 aromatic carbocycles. The maximum Gasteiger partial charge on any atom is 0.417 e. The normalized spacial score (nSPS) is 22.9. The molecule has 2 atom stereocenters. The molecule has 11 heteroatoms.